The Balaban J connectivity index is 1.92. The number of aryl methyl sites for hydroxylation is 2. The molecular weight excluding hydrogens is 282 g/mol. The maximum atomic E-state index is 4.66. The fourth-order valence-electron chi connectivity index (χ4n) is 2.40. The van der Waals surface area contributed by atoms with Gasteiger partial charge in [0.05, 0.1) is 9.88 Å². The Morgan fingerprint density at radius 1 is 1.19 bits per heavy atom. The van der Waals surface area contributed by atoms with Crippen molar-refractivity contribution in [1.29, 1.82) is 0 Å². The van der Waals surface area contributed by atoms with Gasteiger partial charge in [-0.05, 0) is 6.92 Å². The van der Waals surface area contributed by atoms with E-state index in [1.54, 1.807) is 11.3 Å². The van der Waals surface area contributed by atoms with Gasteiger partial charge in [0.2, 0.25) is 0 Å². The van der Waals surface area contributed by atoms with Gasteiger partial charge >= 0.3 is 0 Å². The molecule has 6 heteroatoms. The molecule has 0 saturated carbocycles. The summed E-state index contributed by atoms with van der Waals surface area (Å²) in [7, 11) is 1.91. The summed E-state index contributed by atoms with van der Waals surface area (Å²) in [5.41, 5.74) is 3.83. The number of fused-ring (bicyclic) bond motifs is 1. The molecule has 3 aromatic heterocycles. The highest BCUT2D eigenvalue weighted by molar-refractivity contribution is 7.14. The lowest BCUT2D eigenvalue weighted by Gasteiger charge is -1.96. The summed E-state index contributed by atoms with van der Waals surface area (Å²) in [6.45, 7) is 1.99. The third-order valence-electron chi connectivity index (χ3n) is 3.38. The summed E-state index contributed by atoms with van der Waals surface area (Å²) in [4.78, 5) is 13.4. The second kappa shape index (κ2) is 4.53. The highest BCUT2D eigenvalue weighted by Crippen LogP contribution is 2.30. The molecule has 0 spiro atoms. The fourth-order valence-corrected chi connectivity index (χ4v) is 3.12. The summed E-state index contributed by atoms with van der Waals surface area (Å²) in [5.74, 6) is 0.848. The monoisotopic (exact) mass is 295 g/mol. The Morgan fingerprint density at radius 3 is 2.71 bits per heavy atom. The van der Waals surface area contributed by atoms with Crippen LogP contribution < -0.4 is 0 Å². The Bertz CT molecular complexity index is 916. The summed E-state index contributed by atoms with van der Waals surface area (Å²) >= 11 is 1.63. The van der Waals surface area contributed by atoms with E-state index in [9.17, 15) is 0 Å². The Kier molecular flexibility index (Phi) is 2.65. The fraction of sp³-hybridized carbons (Fsp3) is 0.133. The van der Waals surface area contributed by atoms with Crippen molar-refractivity contribution in [2.75, 3.05) is 0 Å². The standard InChI is InChI=1S/C15H13N5S/c1-9-16-8-11(21-9)14-17-13-12(10-6-4-3-5-7-10)19-20(2)15(13)18-14/h3-8H,1-2H3,(H,17,18). The van der Waals surface area contributed by atoms with E-state index in [0.717, 1.165) is 38.1 Å². The number of benzene rings is 1. The van der Waals surface area contributed by atoms with Crippen LogP contribution >= 0.6 is 11.3 Å². The second-order valence-corrected chi connectivity index (χ2v) is 6.10. The summed E-state index contributed by atoms with van der Waals surface area (Å²) in [6, 6.07) is 10.1. The number of nitrogens with zero attached hydrogens (tertiary/aromatic N) is 4. The minimum absolute atomic E-state index is 0.848. The molecule has 0 bridgehead atoms. The molecule has 21 heavy (non-hydrogen) atoms. The van der Waals surface area contributed by atoms with Crippen molar-refractivity contribution in [1.82, 2.24) is 24.7 Å². The van der Waals surface area contributed by atoms with E-state index in [4.69, 9.17) is 0 Å². The number of hydrogen-bond donors (Lipinski definition) is 1. The van der Waals surface area contributed by atoms with Crippen LogP contribution in [0.5, 0.6) is 0 Å². The molecule has 0 radical (unpaired) electrons. The van der Waals surface area contributed by atoms with Gasteiger partial charge in [-0.2, -0.15) is 5.10 Å². The number of H-pyrrole nitrogens is 1. The topological polar surface area (TPSA) is 59.4 Å². The average molecular weight is 295 g/mol. The van der Waals surface area contributed by atoms with E-state index in [0.29, 0.717) is 0 Å². The molecule has 0 aliphatic carbocycles. The van der Waals surface area contributed by atoms with Crippen LogP contribution in [0.3, 0.4) is 0 Å². The normalized spacial score (nSPS) is 11.3. The van der Waals surface area contributed by atoms with Crippen LogP contribution in [0.1, 0.15) is 5.01 Å². The van der Waals surface area contributed by atoms with Crippen LogP contribution in [0.25, 0.3) is 33.1 Å². The Labute approximate surface area is 125 Å². The van der Waals surface area contributed by atoms with E-state index < -0.39 is 0 Å². The van der Waals surface area contributed by atoms with Crippen molar-refractivity contribution < 1.29 is 0 Å². The average Bonchev–Trinajstić information content (AvgIpc) is 3.17. The van der Waals surface area contributed by atoms with E-state index in [2.05, 4.69) is 32.2 Å². The minimum Gasteiger partial charge on any atom is -0.334 e. The number of imidazole rings is 1. The van der Waals surface area contributed by atoms with Crippen LogP contribution in [0.15, 0.2) is 36.5 Å². The van der Waals surface area contributed by atoms with Crippen molar-refractivity contribution in [2.45, 2.75) is 6.92 Å². The van der Waals surface area contributed by atoms with Crippen molar-refractivity contribution in [3.8, 4) is 22.0 Å². The molecule has 1 N–H and O–H groups in total. The largest absolute Gasteiger partial charge is 0.334 e. The molecule has 0 atom stereocenters. The maximum absolute atomic E-state index is 4.66. The molecule has 104 valence electrons. The molecule has 0 saturated heterocycles. The first-order chi connectivity index (χ1) is 10.2. The van der Waals surface area contributed by atoms with Gasteiger partial charge < -0.3 is 4.98 Å². The third-order valence-corrected chi connectivity index (χ3v) is 4.30. The van der Waals surface area contributed by atoms with Gasteiger partial charge in [0, 0.05) is 18.8 Å². The van der Waals surface area contributed by atoms with Crippen molar-refractivity contribution in [2.24, 2.45) is 7.05 Å². The highest BCUT2D eigenvalue weighted by Gasteiger charge is 2.16. The lowest BCUT2D eigenvalue weighted by molar-refractivity contribution is 0.790. The summed E-state index contributed by atoms with van der Waals surface area (Å²) < 4.78 is 1.81. The van der Waals surface area contributed by atoms with Crippen LogP contribution in [-0.4, -0.2) is 24.7 Å². The smallest absolute Gasteiger partial charge is 0.177 e. The first-order valence-electron chi connectivity index (χ1n) is 6.63. The van der Waals surface area contributed by atoms with Crippen LogP contribution in [0.4, 0.5) is 0 Å². The molecule has 1 aromatic carbocycles. The molecule has 0 aliphatic rings. The predicted octanol–water partition coefficient (Wildman–Crippen LogP) is 3.40. The number of nitrogens with one attached hydrogen (secondary N) is 1. The first-order valence-corrected chi connectivity index (χ1v) is 7.45. The van der Waals surface area contributed by atoms with Gasteiger partial charge in [-0.25, -0.2) is 14.6 Å². The molecular formula is C15H13N5S. The van der Waals surface area contributed by atoms with Gasteiger partial charge in [-0.3, -0.25) is 0 Å². The quantitative estimate of drug-likeness (QED) is 0.616. The zero-order chi connectivity index (χ0) is 14.4. The Morgan fingerprint density at radius 2 is 2.00 bits per heavy atom. The number of thiazole rings is 1. The lowest BCUT2D eigenvalue weighted by atomic mass is 10.1. The number of hydrogen-bond acceptors (Lipinski definition) is 4. The SMILES string of the molecule is Cc1ncc(-c2nc3c([nH]2)c(-c2ccccc2)nn3C)s1. The molecule has 4 aromatic rings. The number of rotatable bonds is 2. The molecule has 0 aliphatic heterocycles. The molecule has 0 fully saturated rings. The van der Waals surface area contributed by atoms with E-state index in [1.807, 2.05) is 43.0 Å². The lowest BCUT2D eigenvalue weighted by Crippen LogP contribution is -1.91. The van der Waals surface area contributed by atoms with Gasteiger partial charge in [-0.15, -0.1) is 11.3 Å². The summed E-state index contributed by atoms with van der Waals surface area (Å²) in [5, 5.41) is 5.60. The zero-order valence-corrected chi connectivity index (χ0v) is 12.5. The molecule has 0 amide bonds. The summed E-state index contributed by atoms with van der Waals surface area (Å²) in [6.07, 6.45) is 1.85. The second-order valence-electron chi connectivity index (χ2n) is 4.87. The highest BCUT2D eigenvalue weighted by atomic mass is 32.1. The van der Waals surface area contributed by atoms with E-state index in [-0.39, 0.29) is 0 Å². The maximum Gasteiger partial charge on any atom is 0.177 e. The van der Waals surface area contributed by atoms with Crippen LogP contribution in [0, 0.1) is 6.92 Å². The molecule has 5 nitrogen and oxygen atoms in total. The van der Waals surface area contributed by atoms with Gasteiger partial charge in [0.1, 0.15) is 11.2 Å². The molecule has 0 unspecified atom stereocenters. The molecule has 4 rings (SSSR count). The van der Waals surface area contributed by atoms with Gasteiger partial charge in [0.25, 0.3) is 0 Å². The van der Waals surface area contributed by atoms with E-state index >= 15 is 0 Å². The van der Waals surface area contributed by atoms with Gasteiger partial charge in [0.15, 0.2) is 11.5 Å². The van der Waals surface area contributed by atoms with Crippen molar-refractivity contribution >= 4 is 22.5 Å². The number of aromatic amines is 1. The zero-order valence-electron chi connectivity index (χ0n) is 11.7. The van der Waals surface area contributed by atoms with E-state index in [1.165, 1.54) is 0 Å². The first kappa shape index (κ1) is 12.3. The molecule has 3 heterocycles. The van der Waals surface area contributed by atoms with Crippen molar-refractivity contribution in [3.05, 3.63) is 41.5 Å². The third kappa shape index (κ3) is 1.95. The predicted molar refractivity (Wildman–Crippen MR) is 84.1 cm³/mol. The number of aromatic nitrogens is 5. The van der Waals surface area contributed by atoms with Crippen LogP contribution in [-0.2, 0) is 7.05 Å². The minimum atomic E-state index is 0.848. The Hall–Kier alpha value is -2.47. The van der Waals surface area contributed by atoms with Gasteiger partial charge in [-0.1, -0.05) is 30.3 Å². The van der Waals surface area contributed by atoms with Crippen LogP contribution in [0.2, 0.25) is 0 Å². The van der Waals surface area contributed by atoms with Crippen molar-refractivity contribution in [3.63, 3.8) is 0 Å².